The maximum absolute atomic E-state index is 8.70. The number of halogens is 2. The third-order valence-electron chi connectivity index (χ3n) is 2.15. The first-order valence-electron chi connectivity index (χ1n) is 4.87. The fourth-order valence-corrected chi connectivity index (χ4v) is 1.83. The van der Waals surface area contributed by atoms with Crippen LogP contribution in [0.1, 0.15) is 12.0 Å². The third kappa shape index (κ3) is 4.39. The first-order valence-corrected chi connectivity index (χ1v) is 5.62. The topological polar surface area (TPSA) is 23.5 Å². The van der Waals surface area contributed by atoms with E-state index in [4.69, 9.17) is 28.3 Å². The minimum Gasteiger partial charge on any atom is -0.396 e. The van der Waals surface area contributed by atoms with E-state index in [1.54, 1.807) is 6.07 Å². The van der Waals surface area contributed by atoms with Gasteiger partial charge in [-0.25, -0.2) is 0 Å². The van der Waals surface area contributed by atoms with E-state index in [2.05, 4.69) is 4.90 Å². The van der Waals surface area contributed by atoms with Gasteiger partial charge < -0.3 is 10.0 Å². The van der Waals surface area contributed by atoms with Gasteiger partial charge in [0.2, 0.25) is 0 Å². The van der Waals surface area contributed by atoms with Crippen LogP contribution >= 0.6 is 23.2 Å². The highest BCUT2D eigenvalue weighted by Crippen LogP contribution is 2.21. The molecule has 0 heterocycles. The molecule has 0 aliphatic heterocycles. The zero-order chi connectivity index (χ0) is 11.3. The van der Waals surface area contributed by atoms with Crippen molar-refractivity contribution in [3.8, 4) is 0 Å². The molecule has 1 aromatic carbocycles. The summed E-state index contributed by atoms with van der Waals surface area (Å²) in [5.41, 5.74) is 1.06. The molecule has 0 fully saturated rings. The lowest BCUT2D eigenvalue weighted by Gasteiger charge is -2.16. The van der Waals surface area contributed by atoms with E-state index in [0.29, 0.717) is 10.0 Å². The number of hydrogen-bond donors (Lipinski definition) is 1. The molecule has 0 saturated carbocycles. The SMILES string of the molecule is CN(CCCO)Cc1ccc(Cl)cc1Cl. The second-order valence-corrected chi connectivity index (χ2v) is 4.39. The Labute approximate surface area is 100 Å². The van der Waals surface area contributed by atoms with Crippen molar-refractivity contribution in [1.29, 1.82) is 0 Å². The van der Waals surface area contributed by atoms with Crippen LogP contribution in [0.5, 0.6) is 0 Å². The summed E-state index contributed by atoms with van der Waals surface area (Å²) in [6.07, 6.45) is 0.779. The van der Waals surface area contributed by atoms with E-state index in [-0.39, 0.29) is 6.61 Å². The molecular weight excluding hydrogens is 233 g/mol. The summed E-state index contributed by atoms with van der Waals surface area (Å²) >= 11 is 11.9. The van der Waals surface area contributed by atoms with Crippen molar-refractivity contribution in [1.82, 2.24) is 4.90 Å². The minimum absolute atomic E-state index is 0.221. The molecule has 0 aromatic heterocycles. The highest BCUT2D eigenvalue weighted by molar-refractivity contribution is 6.35. The molecule has 84 valence electrons. The molecule has 0 spiro atoms. The van der Waals surface area contributed by atoms with Gasteiger partial charge >= 0.3 is 0 Å². The van der Waals surface area contributed by atoms with Crippen molar-refractivity contribution in [2.75, 3.05) is 20.2 Å². The van der Waals surface area contributed by atoms with Crippen LogP contribution in [0.25, 0.3) is 0 Å². The third-order valence-corrected chi connectivity index (χ3v) is 2.74. The van der Waals surface area contributed by atoms with Crippen molar-refractivity contribution < 1.29 is 5.11 Å². The molecule has 0 unspecified atom stereocenters. The predicted octanol–water partition coefficient (Wildman–Crippen LogP) is 2.81. The van der Waals surface area contributed by atoms with Crippen LogP contribution in [0.15, 0.2) is 18.2 Å². The zero-order valence-electron chi connectivity index (χ0n) is 8.71. The monoisotopic (exact) mass is 247 g/mol. The number of aliphatic hydroxyl groups is 1. The highest BCUT2D eigenvalue weighted by Gasteiger charge is 2.04. The lowest BCUT2D eigenvalue weighted by molar-refractivity contribution is 0.244. The van der Waals surface area contributed by atoms with Gasteiger partial charge in [0.05, 0.1) is 0 Å². The van der Waals surface area contributed by atoms with Gasteiger partial charge in [-0.2, -0.15) is 0 Å². The molecule has 2 nitrogen and oxygen atoms in total. The van der Waals surface area contributed by atoms with Crippen molar-refractivity contribution in [2.45, 2.75) is 13.0 Å². The summed E-state index contributed by atoms with van der Waals surface area (Å²) < 4.78 is 0. The van der Waals surface area contributed by atoms with Gasteiger partial charge in [0.15, 0.2) is 0 Å². The van der Waals surface area contributed by atoms with Crippen LogP contribution in [0.2, 0.25) is 10.0 Å². The highest BCUT2D eigenvalue weighted by atomic mass is 35.5. The van der Waals surface area contributed by atoms with Gasteiger partial charge in [0.1, 0.15) is 0 Å². The number of hydrogen-bond acceptors (Lipinski definition) is 2. The lowest BCUT2D eigenvalue weighted by atomic mass is 10.2. The molecule has 1 N–H and O–H groups in total. The van der Waals surface area contributed by atoms with Crippen LogP contribution < -0.4 is 0 Å². The minimum atomic E-state index is 0.221. The van der Waals surface area contributed by atoms with Gasteiger partial charge in [-0.1, -0.05) is 29.3 Å². The second kappa shape index (κ2) is 6.33. The molecule has 0 aliphatic rings. The van der Waals surface area contributed by atoms with Gasteiger partial charge in [-0.15, -0.1) is 0 Å². The molecule has 15 heavy (non-hydrogen) atoms. The van der Waals surface area contributed by atoms with Gasteiger partial charge in [-0.05, 0) is 31.2 Å². The standard InChI is InChI=1S/C11H15Cl2NO/c1-14(5-2-6-15)8-9-3-4-10(12)7-11(9)13/h3-4,7,15H,2,5-6,8H2,1H3. The molecule has 0 atom stereocenters. The number of benzene rings is 1. The Morgan fingerprint density at radius 1 is 1.33 bits per heavy atom. The summed E-state index contributed by atoms with van der Waals surface area (Å²) in [5, 5.41) is 10.0. The molecule has 0 radical (unpaired) electrons. The number of nitrogens with zero attached hydrogens (tertiary/aromatic N) is 1. The summed E-state index contributed by atoms with van der Waals surface area (Å²) in [5.74, 6) is 0. The molecule has 0 aliphatic carbocycles. The van der Waals surface area contributed by atoms with Crippen LogP contribution in [-0.4, -0.2) is 30.2 Å². The smallest absolute Gasteiger partial charge is 0.0465 e. The average Bonchev–Trinajstić information content (AvgIpc) is 2.19. The number of aliphatic hydroxyl groups excluding tert-OH is 1. The Kier molecular flexibility index (Phi) is 5.40. The summed E-state index contributed by atoms with van der Waals surface area (Å²) in [6, 6.07) is 5.51. The molecular formula is C11H15Cl2NO. The first kappa shape index (κ1) is 12.8. The van der Waals surface area contributed by atoms with Crippen LogP contribution in [0, 0.1) is 0 Å². The normalized spacial score (nSPS) is 11.0. The van der Waals surface area contributed by atoms with Gasteiger partial charge in [0, 0.05) is 29.7 Å². The van der Waals surface area contributed by atoms with E-state index < -0.39 is 0 Å². The Bertz CT molecular complexity index is 317. The molecule has 0 amide bonds. The summed E-state index contributed by atoms with van der Waals surface area (Å²) in [6.45, 7) is 1.85. The molecule has 0 saturated heterocycles. The maximum atomic E-state index is 8.70. The maximum Gasteiger partial charge on any atom is 0.0465 e. The van der Waals surface area contributed by atoms with Crippen molar-refractivity contribution in [3.05, 3.63) is 33.8 Å². The molecule has 4 heteroatoms. The Balaban J connectivity index is 2.56. The van der Waals surface area contributed by atoms with E-state index >= 15 is 0 Å². The molecule has 0 bridgehead atoms. The largest absolute Gasteiger partial charge is 0.396 e. The fourth-order valence-electron chi connectivity index (χ4n) is 1.36. The quantitative estimate of drug-likeness (QED) is 0.866. The summed E-state index contributed by atoms with van der Waals surface area (Å²) in [4.78, 5) is 2.12. The van der Waals surface area contributed by atoms with E-state index in [1.165, 1.54) is 0 Å². The predicted molar refractivity (Wildman–Crippen MR) is 64.5 cm³/mol. The molecule has 1 aromatic rings. The van der Waals surface area contributed by atoms with E-state index in [0.717, 1.165) is 25.1 Å². The van der Waals surface area contributed by atoms with Crippen LogP contribution in [-0.2, 0) is 6.54 Å². The van der Waals surface area contributed by atoms with Gasteiger partial charge in [-0.3, -0.25) is 0 Å². The Morgan fingerprint density at radius 3 is 2.67 bits per heavy atom. The van der Waals surface area contributed by atoms with Crippen LogP contribution in [0.3, 0.4) is 0 Å². The van der Waals surface area contributed by atoms with E-state index in [9.17, 15) is 0 Å². The zero-order valence-corrected chi connectivity index (χ0v) is 10.2. The van der Waals surface area contributed by atoms with Crippen molar-refractivity contribution in [3.63, 3.8) is 0 Å². The van der Waals surface area contributed by atoms with Crippen molar-refractivity contribution in [2.24, 2.45) is 0 Å². The lowest BCUT2D eigenvalue weighted by Crippen LogP contribution is -2.20. The summed E-state index contributed by atoms with van der Waals surface area (Å²) in [7, 11) is 2.00. The average molecular weight is 248 g/mol. The van der Waals surface area contributed by atoms with Gasteiger partial charge in [0.25, 0.3) is 0 Å². The van der Waals surface area contributed by atoms with E-state index in [1.807, 2.05) is 19.2 Å². The fraction of sp³-hybridized carbons (Fsp3) is 0.455. The number of rotatable bonds is 5. The van der Waals surface area contributed by atoms with Crippen LogP contribution in [0.4, 0.5) is 0 Å². The molecule has 1 rings (SSSR count). The first-order chi connectivity index (χ1) is 7.13. The Hall–Kier alpha value is -0.280. The van der Waals surface area contributed by atoms with Crippen molar-refractivity contribution >= 4 is 23.2 Å². The second-order valence-electron chi connectivity index (χ2n) is 3.55. The Morgan fingerprint density at radius 2 is 2.07 bits per heavy atom.